The zero-order valence-electron chi connectivity index (χ0n) is 16.4. The average molecular weight is 364 g/mol. The minimum absolute atomic E-state index is 0.224. The molecular formula is C24H31N2O+. The van der Waals surface area contributed by atoms with Crippen molar-refractivity contribution in [1.82, 2.24) is 4.90 Å². The van der Waals surface area contributed by atoms with Crippen LogP contribution < -0.4 is 4.90 Å². The molecule has 1 amide bonds. The number of aryl methyl sites for hydroxylation is 1. The summed E-state index contributed by atoms with van der Waals surface area (Å²) in [7, 11) is 0. The first-order chi connectivity index (χ1) is 13.2. The fourth-order valence-corrected chi connectivity index (χ4v) is 4.57. The molecule has 0 saturated carbocycles. The van der Waals surface area contributed by atoms with E-state index in [-0.39, 0.29) is 5.92 Å². The third-order valence-electron chi connectivity index (χ3n) is 6.37. The Morgan fingerprint density at radius 1 is 1.00 bits per heavy atom. The van der Waals surface area contributed by atoms with Crippen LogP contribution in [0.3, 0.4) is 0 Å². The van der Waals surface area contributed by atoms with E-state index in [1.807, 2.05) is 0 Å². The van der Waals surface area contributed by atoms with Crippen LogP contribution in [0.4, 0.5) is 0 Å². The van der Waals surface area contributed by atoms with E-state index in [1.54, 1.807) is 4.90 Å². The van der Waals surface area contributed by atoms with Gasteiger partial charge in [-0.3, -0.25) is 4.79 Å². The van der Waals surface area contributed by atoms with Gasteiger partial charge < -0.3 is 9.80 Å². The second-order valence-corrected chi connectivity index (χ2v) is 8.15. The van der Waals surface area contributed by atoms with Crippen molar-refractivity contribution in [3.63, 3.8) is 0 Å². The van der Waals surface area contributed by atoms with Crippen LogP contribution in [0.15, 0.2) is 48.5 Å². The molecule has 142 valence electrons. The molecule has 1 saturated heterocycles. The quantitative estimate of drug-likeness (QED) is 0.887. The molecule has 27 heavy (non-hydrogen) atoms. The van der Waals surface area contributed by atoms with E-state index in [0.29, 0.717) is 5.91 Å². The number of nitrogens with zero attached hydrogens (tertiary/aromatic N) is 1. The minimum Gasteiger partial charge on any atom is -0.338 e. The summed E-state index contributed by atoms with van der Waals surface area (Å²) < 4.78 is 0. The Bertz CT molecular complexity index is 775. The molecule has 0 bridgehead atoms. The first-order valence-corrected chi connectivity index (χ1v) is 10.5. The van der Waals surface area contributed by atoms with Crippen molar-refractivity contribution in [1.29, 1.82) is 0 Å². The van der Waals surface area contributed by atoms with Gasteiger partial charge in [-0.2, -0.15) is 0 Å². The van der Waals surface area contributed by atoms with E-state index < -0.39 is 0 Å². The predicted molar refractivity (Wildman–Crippen MR) is 109 cm³/mol. The number of rotatable bonds is 4. The van der Waals surface area contributed by atoms with Gasteiger partial charge in [0.2, 0.25) is 5.91 Å². The van der Waals surface area contributed by atoms with Crippen LogP contribution >= 0.6 is 0 Å². The maximum atomic E-state index is 13.0. The number of amides is 1. The number of hydrogen-bond donors (Lipinski definition) is 1. The Hall–Kier alpha value is -2.13. The highest BCUT2D eigenvalue weighted by atomic mass is 16.2. The maximum absolute atomic E-state index is 13.0. The number of carbonyl (C=O) groups excluding carboxylic acids is 1. The molecule has 0 aromatic heterocycles. The number of quaternary nitrogens is 1. The summed E-state index contributed by atoms with van der Waals surface area (Å²) >= 11 is 0. The smallest absolute Gasteiger partial charge is 0.226 e. The molecule has 2 aromatic rings. The molecular weight excluding hydrogens is 332 g/mol. The molecule has 0 spiro atoms. The van der Waals surface area contributed by atoms with E-state index in [4.69, 9.17) is 0 Å². The van der Waals surface area contributed by atoms with Crippen molar-refractivity contribution in [3.05, 3.63) is 70.8 Å². The van der Waals surface area contributed by atoms with E-state index in [2.05, 4.69) is 60.4 Å². The van der Waals surface area contributed by atoms with Gasteiger partial charge in [-0.15, -0.1) is 0 Å². The Morgan fingerprint density at radius 3 is 2.37 bits per heavy atom. The predicted octanol–water partition coefficient (Wildman–Crippen LogP) is 2.63. The number of nitrogens with one attached hydrogen (secondary N) is 1. The van der Waals surface area contributed by atoms with Gasteiger partial charge in [-0.25, -0.2) is 0 Å². The Labute approximate surface area is 163 Å². The van der Waals surface area contributed by atoms with Crippen LogP contribution in [0.1, 0.15) is 42.0 Å². The van der Waals surface area contributed by atoms with E-state index >= 15 is 0 Å². The molecule has 2 aromatic carbocycles. The molecule has 0 radical (unpaired) electrons. The van der Waals surface area contributed by atoms with Crippen LogP contribution in [0, 0.1) is 5.92 Å². The van der Waals surface area contributed by atoms with Gasteiger partial charge in [0.25, 0.3) is 0 Å². The Kier molecular flexibility index (Phi) is 5.58. The lowest BCUT2D eigenvalue weighted by Gasteiger charge is -2.34. The third kappa shape index (κ3) is 4.24. The van der Waals surface area contributed by atoms with Gasteiger partial charge in [0.1, 0.15) is 6.54 Å². The largest absolute Gasteiger partial charge is 0.338 e. The number of likely N-dealkylation sites (tertiary alicyclic amines) is 1. The van der Waals surface area contributed by atoms with Crippen molar-refractivity contribution in [2.24, 2.45) is 5.92 Å². The monoisotopic (exact) mass is 363 g/mol. The summed E-state index contributed by atoms with van der Waals surface area (Å²) in [4.78, 5) is 16.7. The lowest BCUT2D eigenvalue weighted by Crippen LogP contribution is -3.11. The van der Waals surface area contributed by atoms with Crippen molar-refractivity contribution >= 4 is 5.91 Å². The number of hydrogen-bond acceptors (Lipinski definition) is 1. The number of fused-ring (bicyclic) bond motifs is 1. The Balaban J connectivity index is 1.29. The van der Waals surface area contributed by atoms with Gasteiger partial charge in [-0.05, 0) is 29.5 Å². The summed E-state index contributed by atoms with van der Waals surface area (Å²) in [5.74, 6) is 0.609. The van der Waals surface area contributed by atoms with Gasteiger partial charge in [0, 0.05) is 37.4 Å². The molecule has 2 aliphatic heterocycles. The Morgan fingerprint density at radius 2 is 1.67 bits per heavy atom. The zero-order valence-corrected chi connectivity index (χ0v) is 16.4. The van der Waals surface area contributed by atoms with E-state index in [9.17, 15) is 4.79 Å². The first-order valence-electron chi connectivity index (χ1n) is 10.5. The topological polar surface area (TPSA) is 24.8 Å². The summed E-state index contributed by atoms with van der Waals surface area (Å²) in [6.07, 6.45) is 4.15. The zero-order chi connectivity index (χ0) is 18.6. The molecule has 0 atom stereocenters. The van der Waals surface area contributed by atoms with Crippen molar-refractivity contribution < 1.29 is 9.69 Å². The van der Waals surface area contributed by atoms with Crippen LogP contribution in [0.2, 0.25) is 0 Å². The number of benzene rings is 2. The maximum Gasteiger partial charge on any atom is 0.226 e. The molecule has 1 fully saturated rings. The average Bonchev–Trinajstić information content (AvgIpc) is 2.74. The fourth-order valence-electron chi connectivity index (χ4n) is 4.57. The summed E-state index contributed by atoms with van der Waals surface area (Å²) in [5.41, 5.74) is 5.56. The molecule has 2 heterocycles. The highest BCUT2D eigenvalue weighted by molar-refractivity contribution is 5.79. The van der Waals surface area contributed by atoms with Crippen LogP contribution in [-0.4, -0.2) is 30.4 Å². The molecule has 3 nitrogen and oxygen atoms in total. The van der Waals surface area contributed by atoms with Gasteiger partial charge in [0.05, 0.1) is 13.1 Å². The highest BCUT2D eigenvalue weighted by Gasteiger charge is 2.31. The van der Waals surface area contributed by atoms with Gasteiger partial charge in [-0.1, -0.05) is 55.5 Å². The third-order valence-corrected chi connectivity index (χ3v) is 6.37. The second-order valence-electron chi connectivity index (χ2n) is 8.15. The first kappa shape index (κ1) is 18.2. The molecule has 1 N–H and O–H groups in total. The molecule has 2 aliphatic rings. The van der Waals surface area contributed by atoms with Crippen LogP contribution in [0.25, 0.3) is 0 Å². The standard InChI is InChI=1S/C24H30N2O/c1-2-19-7-9-20(10-8-19)17-25-14-11-22(12-15-25)24(27)26-16-13-21-5-3-4-6-23(21)18-26/h3-10,22H,2,11-18H2,1H3/p+1. The SMILES string of the molecule is CCc1ccc(C[NH+]2CCC(C(=O)N3CCc4ccccc4C3)CC2)cc1. The molecule has 3 heteroatoms. The normalized spacial score (nSPS) is 22.3. The van der Waals surface area contributed by atoms with E-state index in [0.717, 1.165) is 58.4 Å². The van der Waals surface area contributed by atoms with Crippen molar-refractivity contribution in [3.8, 4) is 0 Å². The fraction of sp³-hybridized carbons (Fsp3) is 0.458. The van der Waals surface area contributed by atoms with Crippen molar-refractivity contribution in [2.75, 3.05) is 19.6 Å². The lowest BCUT2D eigenvalue weighted by atomic mass is 9.93. The summed E-state index contributed by atoms with van der Waals surface area (Å²) in [5, 5.41) is 0. The van der Waals surface area contributed by atoms with Crippen molar-refractivity contribution in [2.45, 2.75) is 45.7 Å². The molecule has 0 aliphatic carbocycles. The van der Waals surface area contributed by atoms with Gasteiger partial charge >= 0.3 is 0 Å². The lowest BCUT2D eigenvalue weighted by molar-refractivity contribution is -0.919. The highest BCUT2D eigenvalue weighted by Crippen LogP contribution is 2.22. The van der Waals surface area contributed by atoms with E-state index in [1.165, 1.54) is 22.3 Å². The minimum atomic E-state index is 0.224. The van der Waals surface area contributed by atoms with Gasteiger partial charge in [0.15, 0.2) is 0 Å². The second kappa shape index (κ2) is 8.26. The number of piperidine rings is 1. The molecule has 4 rings (SSSR count). The molecule has 0 unspecified atom stereocenters. The number of carbonyl (C=O) groups is 1. The van der Waals surface area contributed by atoms with Crippen LogP contribution in [-0.2, 0) is 30.7 Å². The van der Waals surface area contributed by atoms with Crippen LogP contribution in [0.5, 0.6) is 0 Å². The summed E-state index contributed by atoms with van der Waals surface area (Å²) in [6, 6.07) is 17.6. The summed E-state index contributed by atoms with van der Waals surface area (Å²) in [6.45, 7) is 7.18.